The second-order valence-corrected chi connectivity index (χ2v) is 12.1. The van der Waals surface area contributed by atoms with Gasteiger partial charge in [0, 0.05) is 30.6 Å². The fourth-order valence-electron chi connectivity index (χ4n) is 4.43. The van der Waals surface area contributed by atoms with Crippen LogP contribution in [-0.2, 0) is 32.6 Å². The Morgan fingerprint density at radius 2 is 1.64 bits per heavy atom. The predicted molar refractivity (Wildman–Crippen MR) is 166 cm³/mol. The predicted octanol–water partition coefficient (Wildman–Crippen LogP) is 4.68. The fourth-order valence-corrected chi connectivity index (χ4v) is 5.41. The summed E-state index contributed by atoms with van der Waals surface area (Å²) >= 11 is 6.10. The Labute approximate surface area is 253 Å². The second-order valence-electron chi connectivity index (χ2n) is 9.81. The molecular formula is C31H38ClN3O6S. The molecule has 1 N–H and O–H groups in total. The maximum absolute atomic E-state index is 14.2. The molecule has 0 aromatic heterocycles. The molecule has 2 amide bonds. The molecular weight excluding hydrogens is 578 g/mol. The van der Waals surface area contributed by atoms with Gasteiger partial charge in [0.05, 0.1) is 26.2 Å². The van der Waals surface area contributed by atoms with Gasteiger partial charge < -0.3 is 19.7 Å². The maximum Gasteiger partial charge on any atom is 0.244 e. The van der Waals surface area contributed by atoms with Crippen LogP contribution in [-0.4, -0.2) is 64.7 Å². The van der Waals surface area contributed by atoms with Gasteiger partial charge in [-0.15, -0.1) is 0 Å². The fraction of sp³-hybridized carbons (Fsp3) is 0.355. The van der Waals surface area contributed by atoms with Crippen LogP contribution in [0.5, 0.6) is 11.5 Å². The van der Waals surface area contributed by atoms with Crippen LogP contribution in [0.4, 0.5) is 5.69 Å². The molecule has 0 fully saturated rings. The Balaban J connectivity index is 2.06. The molecule has 0 saturated carbocycles. The third-order valence-electron chi connectivity index (χ3n) is 6.70. The third kappa shape index (κ3) is 9.12. The van der Waals surface area contributed by atoms with E-state index in [9.17, 15) is 18.0 Å². The van der Waals surface area contributed by atoms with Gasteiger partial charge in [-0.25, -0.2) is 8.42 Å². The van der Waals surface area contributed by atoms with E-state index in [1.54, 1.807) is 36.4 Å². The molecule has 0 aliphatic rings. The van der Waals surface area contributed by atoms with E-state index >= 15 is 0 Å². The summed E-state index contributed by atoms with van der Waals surface area (Å²) in [6.07, 6.45) is 2.94. The minimum Gasteiger partial charge on any atom is -0.497 e. The molecule has 0 spiro atoms. The number of nitrogens with one attached hydrogen (secondary N) is 1. The molecule has 0 radical (unpaired) electrons. The van der Waals surface area contributed by atoms with Crippen molar-refractivity contribution in [2.24, 2.45) is 0 Å². The van der Waals surface area contributed by atoms with Gasteiger partial charge in [-0.2, -0.15) is 0 Å². The van der Waals surface area contributed by atoms with E-state index in [4.69, 9.17) is 21.1 Å². The first-order valence-electron chi connectivity index (χ1n) is 13.6. The number of nitrogens with zero attached hydrogens (tertiary/aromatic N) is 2. The standard InChI is InChI=1S/C31H38ClN3O6S/c1-5-6-18-33-31(37)28(19-23-10-8-7-9-11-23)34(21-24-12-14-25(32)15-13-24)30(36)22-35(42(4,38)39)27-17-16-26(40-2)20-29(27)41-3/h7-17,20,28H,5-6,18-19,21-22H2,1-4H3,(H,33,37)/t28-/m0/s1. The van der Waals surface area contributed by atoms with Crippen LogP contribution >= 0.6 is 11.6 Å². The molecule has 0 aliphatic carbocycles. The molecule has 42 heavy (non-hydrogen) atoms. The van der Waals surface area contributed by atoms with E-state index in [2.05, 4.69) is 5.32 Å². The Bertz CT molecular complexity index is 1430. The highest BCUT2D eigenvalue weighted by Crippen LogP contribution is 2.34. The highest BCUT2D eigenvalue weighted by Gasteiger charge is 2.33. The van der Waals surface area contributed by atoms with Crippen molar-refractivity contribution in [2.75, 3.05) is 37.9 Å². The number of carbonyl (C=O) groups excluding carboxylic acids is 2. The number of benzene rings is 3. The molecule has 0 heterocycles. The zero-order valence-corrected chi connectivity index (χ0v) is 26.0. The topological polar surface area (TPSA) is 105 Å². The van der Waals surface area contributed by atoms with Crippen LogP contribution in [0.3, 0.4) is 0 Å². The first kappa shape index (κ1) is 32.8. The van der Waals surface area contributed by atoms with Crippen LogP contribution in [0.1, 0.15) is 30.9 Å². The van der Waals surface area contributed by atoms with Gasteiger partial charge in [-0.3, -0.25) is 13.9 Å². The Hall–Kier alpha value is -3.76. The number of anilines is 1. The molecule has 226 valence electrons. The molecule has 0 unspecified atom stereocenters. The SMILES string of the molecule is CCCCNC(=O)[C@H](Cc1ccccc1)N(Cc1ccc(Cl)cc1)C(=O)CN(c1ccc(OC)cc1OC)S(C)(=O)=O. The Morgan fingerprint density at radius 1 is 0.952 bits per heavy atom. The molecule has 0 bridgehead atoms. The summed E-state index contributed by atoms with van der Waals surface area (Å²) in [5.74, 6) is -0.191. The highest BCUT2D eigenvalue weighted by molar-refractivity contribution is 7.92. The number of carbonyl (C=O) groups is 2. The number of amides is 2. The van der Waals surface area contributed by atoms with Crippen molar-refractivity contribution in [3.8, 4) is 11.5 Å². The quantitative estimate of drug-likeness (QED) is 0.249. The van der Waals surface area contributed by atoms with Crippen molar-refractivity contribution >= 4 is 39.1 Å². The van der Waals surface area contributed by atoms with E-state index in [0.717, 1.165) is 34.5 Å². The van der Waals surface area contributed by atoms with E-state index < -0.39 is 28.5 Å². The number of halogens is 1. The molecule has 3 aromatic rings. The van der Waals surface area contributed by atoms with Crippen LogP contribution in [0.25, 0.3) is 0 Å². The van der Waals surface area contributed by atoms with Crippen molar-refractivity contribution < 1.29 is 27.5 Å². The molecule has 0 aliphatic heterocycles. The van der Waals surface area contributed by atoms with Crippen LogP contribution in [0.2, 0.25) is 5.02 Å². The number of methoxy groups -OCH3 is 2. The normalized spacial score (nSPS) is 11.8. The smallest absolute Gasteiger partial charge is 0.244 e. The van der Waals surface area contributed by atoms with Crippen LogP contribution in [0, 0.1) is 0 Å². The first-order chi connectivity index (χ1) is 20.1. The molecule has 11 heteroatoms. The summed E-state index contributed by atoms with van der Waals surface area (Å²) < 4.78 is 37.8. The molecule has 1 atom stereocenters. The highest BCUT2D eigenvalue weighted by atomic mass is 35.5. The number of hydrogen-bond acceptors (Lipinski definition) is 6. The molecule has 9 nitrogen and oxygen atoms in total. The van der Waals surface area contributed by atoms with Crippen molar-refractivity contribution in [1.82, 2.24) is 10.2 Å². The molecule has 0 saturated heterocycles. The lowest BCUT2D eigenvalue weighted by Gasteiger charge is -2.33. The lowest BCUT2D eigenvalue weighted by Crippen LogP contribution is -2.53. The second kappa shape index (κ2) is 15.5. The van der Waals surface area contributed by atoms with Crippen LogP contribution in [0.15, 0.2) is 72.8 Å². The summed E-state index contributed by atoms with van der Waals surface area (Å²) in [5, 5.41) is 3.49. The summed E-state index contributed by atoms with van der Waals surface area (Å²) in [6, 6.07) is 20.1. The first-order valence-corrected chi connectivity index (χ1v) is 15.8. The van der Waals surface area contributed by atoms with Gasteiger partial charge in [-0.1, -0.05) is 67.4 Å². The van der Waals surface area contributed by atoms with E-state index in [-0.39, 0.29) is 30.3 Å². The van der Waals surface area contributed by atoms with Crippen molar-refractivity contribution in [3.63, 3.8) is 0 Å². The van der Waals surface area contributed by atoms with Gasteiger partial charge in [-0.05, 0) is 41.8 Å². The number of unbranched alkanes of at least 4 members (excludes halogenated alkanes) is 1. The maximum atomic E-state index is 14.2. The zero-order valence-electron chi connectivity index (χ0n) is 24.4. The Kier molecular flexibility index (Phi) is 12.1. The largest absolute Gasteiger partial charge is 0.497 e. The van der Waals surface area contributed by atoms with E-state index in [1.165, 1.54) is 25.2 Å². The van der Waals surface area contributed by atoms with E-state index in [1.807, 2.05) is 37.3 Å². The average Bonchev–Trinajstić information content (AvgIpc) is 2.98. The average molecular weight is 616 g/mol. The minimum atomic E-state index is -3.95. The number of ether oxygens (including phenoxy) is 2. The third-order valence-corrected chi connectivity index (χ3v) is 8.08. The minimum absolute atomic E-state index is 0.0616. The van der Waals surface area contributed by atoms with Gasteiger partial charge in [0.2, 0.25) is 21.8 Å². The number of sulfonamides is 1. The number of rotatable bonds is 15. The molecule has 3 aromatic carbocycles. The monoisotopic (exact) mass is 615 g/mol. The van der Waals surface area contributed by atoms with Crippen molar-refractivity contribution in [3.05, 3.63) is 88.9 Å². The van der Waals surface area contributed by atoms with Gasteiger partial charge in [0.15, 0.2) is 0 Å². The van der Waals surface area contributed by atoms with Crippen molar-refractivity contribution in [1.29, 1.82) is 0 Å². The zero-order chi connectivity index (χ0) is 30.7. The number of hydrogen-bond donors (Lipinski definition) is 1. The van der Waals surface area contributed by atoms with E-state index in [0.29, 0.717) is 17.3 Å². The van der Waals surface area contributed by atoms with Gasteiger partial charge in [0.1, 0.15) is 24.1 Å². The summed E-state index contributed by atoms with van der Waals surface area (Å²) in [4.78, 5) is 29.3. The Morgan fingerprint density at radius 3 is 2.24 bits per heavy atom. The summed E-state index contributed by atoms with van der Waals surface area (Å²) in [7, 11) is -1.06. The van der Waals surface area contributed by atoms with Crippen molar-refractivity contribution in [2.45, 2.75) is 38.8 Å². The summed E-state index contributed by atoms with van der Waals surface area (Å²) in [6.45, 7) is 1.99. The van der Waals surface area contributed by atoms with Crippen LogP contribution < -0.4 is 19.1 Å². The van der Waals surface area contributed by atoms with Gasteiger partial charge in [0.25, 0.3) is 0 Å². The molecule has 3 rings (SSSR count). The summed E-state index contributed by atoms with van der Waals surface area (Å²) in [5.41, 5.74) is 1.77. The lowest BCUT2D eigenvalue weighted by molar-refractivity contribution is -0.140. The van der Waals surface area contributed by atoms with Gasteiger partial charge >= 0.3 is 0 Å². The lowest BCUT2D eigenvalue weighted by atomic mass is 10.0.